The Morgan fingerprint density at radius 2 is 1.32 bits per heavy atom. The summed E-state index contributed by atoms with van der Waals surface area (Å²) in [7, 11) is 0. The molecule has 31 heavy (non-hydrogen) atoms. The fourth-order valence-corrected chi connectivity index (χ4v) is 3.90. The van der Waals surface area contributed by atoms with Crippen molar-refractivity contribution in [1.29, 1.82) is 0 Å². The lowest BCUT2D eigenvalue weighted by Gasteiger charge is -2.08. The van der Waals surface area contributed by atoms with E-state index >= 15 is 0 Å². The van der Waals surface area contributed by atoms with E-state index in [1.54, 1.807) is 24.3 Å². The molecule has 0 heterocycles. The molecule has 2 aromatic rings. The predicted molar refractivity (Wildman–Crippen MR) is 105 cm³/mol. The van der Waals surface area contributed by atoms with Crippen LogP contribution in [0.2, 0.25) is 0 Å². The first-order valence-corrected chi connectivity index (χ1v) is 10.6. The van der Waals surface area contributed by atoms with Gasteiger partial charge in [0.15, 0.2) is 10.2 Å². The van der Waals surface area contributed by atoms with E-state index in [-0.39, 0.29) is 35.2 Å². The molecule has 2 rings (SSSR count). The molecule has 0 aromatic heterocycles. The van der Waals surface area contributed by atoms with Crippen LogP contribution in [0.15, 0.2) is 35.2 Å². The van der Waals surface area contributed by atoms with Crippen LogP contribution < -0.4 is 4.74 Å². The molecule has 0 N–H and O–H groups in total. The van der Waals surface area contributed by atoms with Crippen molar-refractivity contribution < 1.29 is 41.1 Å². The molecule has 2 aromatic carbocycles. The number of ether oxygens (including phenoxy) is 1. The van der Waals surface area contributed by atoms with Crippen LogP contribution in [0.1, 0.15) is 25.7 Å². The lowest BCUT2D eigenvalue weighted by Crippen LogP contribution is -2.13. The maximum Gasteiger partial charge on any atom is 0.311 e. The topological polar surface area (TPSA) is 60.4 Å². The highest BCUT2D eigenvalue weighted by Crippen LogP contribution is 2.29. The summed E-state index contributed by atoms with van der Waals surface area (Å²) < 4.78 is 70.3. The first kappa shape index (κ1) is 24.9. The van der Waals surface area contributed by atoms with Crippen molar-refractivity contribution in [1.82, 2.24) is 0 Å². The van der Waals surface area contributed by atoms with Crippen LogP contribution in [0.3, 0.4) is 0 Å². The highest BCUT2D eigenvalue weighted by molar-refractivity contribution is 8.14. The van der Waals surface area contributed by atoms with Gasteiger partial charge in [0.05, 0.1) is 0 Å². The second kappa shape index (κ2) is 11.8. The molecule has 0 saturated heterocycles. The Bertz CT molecular complexity index is 941. The van der Waals surface area contributed by atoms with Gasteiger partial charge >= 0.3 is 5.97 Å². The Balaban J connectivity index is 1.70. The number of rotatable bonds is 9. The molecule has 0 fully saturated rings. The Labute approximate surface area is 182 Å². The minimum absolute atomic E-state index is 0.0627. The van der Waals surface area contributed by atoms with Gasteiger partial charge in [-0.05, 0) is 18.6 Å². The molecular formula is C20H15F5O4S2. The van der Waals surface area contributed by atoms with Gasteiger partial charge in [-0.2, -0.15) is 8.78 Å². The number of thioether (sulfide) groups is 2. The first-order valence-electron chi connectivity index (χ1n) is 8.84. The fourth-order valence-electron chi connectivity index (χ4n) is 2.21. The first-order chi connectivity index (χ1) is 14.7. The van der Waals surface area contributed by atoms with E-state index in [1.807, 2.05) is 6.07 Å². The van der Waals surface area contributed by atoms with Crippen LogP contribution in [0.4, 0.5) is 22.0 Å². The van der Waals surface area contributed by atoms with Crippen molar-refractivity contribution in [2.75, 3.05) is 5.75 Å². The summed E-state index contributed by atoms with van der Waals surface area (Å²) in [5.74, 6) is -14.0. The van der Waals surface area contributed by atoms with Crippen LogP contribution in [-0.2, 0) is 14.4 Å². The van der Waals surface area contributed by atoms with E-state index in [9.17, 15) is 36.3 Å². The standard InChI is InChI=1S/C20H15F5O4S2/c21-15-16(22)18(24)20(19(25)17(15)23)29-12(26)7-4-8-13(27)30-10-9-14(28)31-11-5-2-1-3-6-11/h1-3,5-6H,4,7-10H2. The Kier molecular flexibility index (Phi) is 9.50. The van der Waals surface area contributed by atoms with E-state index in [2.05, 4.69) is 4.74 Å². The summed E-state index contributed by atoms with van der Waals surface area (Å²) in [5, 5.41) is -0.431. The van der Waals surface area contributed by atoms with Crippen molar-refractivity contribution in [3.8, 4) is 5.75 Å². The average Bonchev–Trinajstić information content (AvgIpc) is 2.74. The van der Waals surface area contributed by atoms with E-state index in [0.29, 0.717) is 0 Å². The fraction of sp³-hybridized carbons (Fsp3) is 0.250. The molecule has 11 heteroatoms. The summed E-state index contributed by atoms with van der Waals surface area (Å²) >= 11 is 1.96. The summed E-state index contributed by atoms with van der Waals surface area (Å²) in [6.45, 7) is 0. The van der Waals surface area contributed by atoms with Crippen LogP contribution in [0.5, 0.6) is 5.75 Å². The lowest BCUT2D eigenvalue weighted by atomic mass is 10.2. The largest absolute Gasteiger partial charge is 0.420 e. The monoisotopic (exact) mass is 478 g/mol. The number of esters is 1. The molecule has 0 aliphatic heterocycles. The molecule has 0 unspecified atom stereocenters. The number of hydrogen-bond acceptors (Lipinski definition) is 6. The summed E-state index contributed by atoms with van der Waals surface area (Å²) in [6, 6.07) is 8.98. The Morgan fingerprint density at radius 3 is 1.94 bits per heavy atom. The maximum atomic E-state index is 13.5. The lowest BCUT2D eigenvalue weighted by molar-refractivity contribution is -0.135. The second-order valence-electron chi connectivity index (χ2n) is 5.98. The zero-order valence-corrected chi connectivity index (χ0v) is 17.4. The Hall–Kier alpha value is -2.40. The van der Waals surface area contributed by atoms with Gasteiger partial charge in [-0.3, -0.25) is 14.4 Å². The van der Waals surface area contributed by atoms with Crippen LogP contribution >= 0.6 is 23.5 Å². The predicted octanol–water partition coefficient (Wildman–Crippen LogP) is 5.43. The van der Waals surface area contributed by atoms with Crippen molar-refractivity contribution in [3.05, 3.63) is 59.4 Å². The quantitative estimate of drug-likeness (QED) is 0.120. The molecule has 0 saturated carbocycles. The molecule has 0 radical (unpaired) electrons. The number of carbonyl (C=O) groups excluding carboxylic acids is 3. The van der Waals surface area contributed by atoms with Crippen molar-refractivity contribution in [2.45, 2.75) is 30.6 Å². The number of halogens is 5. The van der Waals surface area contributed by atoms with Crippen molar-refractivity contribution in [2.24, 2.45) is 0 Å². The van der Waals surface area contributed by atoms with Gasteiger partial charge in [0.1, 0.15) is 0 Å². The average molecular weight is 478 g/mol. The van der Waals surface area contributed by atoms with Gasteiger partial charge in [-0.1, -0.05) is 41.7 Å². The highest BCUT2D eigenvalue weighted by atomic mass is 32.2. The van der Waals surface area contributed by atoms with Crippen molar-refractivity contribution >= 4 is 39.7 Å². The van der Waals surface area contributed by atoms with E-state index in [4.69, 9.17) is 0 Å². The van der Waals surface area contributed by atoms with Crippen LogP contribution in [-0.4, -0.2) is 22.0 Å². The van der Waals surface area contributed by atoms with Gasteiger partial charge in [0.2, 0.25) is 34.8 Å². The third-order valence-electron chi connectivity index (χ3n) is 3.69. The van der Waals surface area contributed by atoms with Gasteiger partial charge in [0, 0.05) is 29.9 Å². The normalized spacial score (nSPS) is 10.7. The summed E-state index contributed by atoms with van der Waals surface area (Å²) in [6.07, 6.45) is -0.490. The van der Waals surface area contributed by atoms with E-state index in [1.165, 1.54) is 0 Å². The van der Waals surface area contributed by atoms with Crippen molar-refractivity contribution in [3.63, 3.8) is 0 Å². The minimum atomic E-state index is -2.36. The third-order valence-corrected chi connectivity index (χ3v) is 5.57. The number of carbonyl (C=O) groups is 3. The summed E-state index contributed by atoms with van der Waals surface area (Å²) in [4.78, 5) is 36.0. The molecule has 0 aliphatic rings. The highest BCUT2D eigenvalue weighted by Gasteiger charge is 2.28. The van der Waals surface area contributed by atoms with E-state index < -0.39 is 47.2 Å². The smallest absolute Gasteiger partial charge is 0.311 e. The SMILES string of the molecule is O=C(CCCC(=O)SCCC(=O)Sc1ccccc1)Oc1c(F)c(F)c(F)c(F)c1F. The molecule has 0 bridgehead atoms. The molecule has 0 spiro atoms. The summed E-state index contributed by atoms with van der Waals surface area (Å²) in [5.41, 5.74) is 0. The van der Waals surface area contributed by atoms with Gasteiger partial charge < -0.3 is 4.74 Å². The zero-order chi connectivity index (χ0) is 23.0. The molecule has 4 nitrogen and oxygen atoms in total. The molecule has 0 aliphatic carbocycles. The molecule has 0 atom stereocenters. The number of benzene rings is 2. The maximum absolute atomic E-state index is 13.5. The second-order valence-corrected chi connectivity index (χ2v) is 8.27. The Morgan fingerprint density at radius 1 is 0.742 bits per heavy atom. The van der Waals surface area contributed by atoms with E-state index in [0.717, 1.165) is 28.4 Å². The molecule has 166 valence electrons. The van der Waals surface area contributed by atoms with Gasteiger partial charge in [-0.25, -0.2) is 13.2 Å². The zero-order valence-electron chi connectivity index (χ0n) is 15.8. The molecular weight excluding hydrogens is 463 g/mol. The van der Waals surface area contributed by atoms with Gasteiger partial charge in [0.25, 0.3) is 0 Å². The van der Waals surface area contributed by atoms with Crippen LogP contribution in [0, 0.1) is 29.1 Å². The van der Waals surface area contributed by atoms with Crippen LogP contribution in [0.25, 0.3) is 0 Å². The molecule has 0 amide bonds. The minimum Gasteiger partial charge on any atom is -0.420 e. The number of hydrogen-bond donors (Lipinski definition) is 0. The third kappa shape index (κ3) is 7.35. The van der Waals surface area contributed by atoms with Gasteiger partial charge in [-0.15, -0.1) is 0 Å².